The van der Waals surface area contributed by atoms with Crippen LogP contribution < -0.4 is 15.0 Å². The molecule has 162 valence electrons. The van der Waals surface area contributed by atoms with Gasteiger partial charge in [0.2, 0.25) is 0 Å². The zero-order chi connectivity index (χ0) is 22.0. The average Bonchev–Trinajstić information content (AvgIpc) is 2.78. The molecule has 1 unspecified atom stereocenters. The van der Waals surface area contributed by atoms with E-state index in [1.807, 2.05) is 36.4 Å². The molecule has 0 saturated heterocycles. The molecule has 1 aromatic heterocycles. The molecule has 4 rings (SSSR count). The second-order valence-electron chi connectivity index (χ2n) is 7.63. The summed E-state index contributed by atoms with van der Waals surface area (Å²) in [6.45, 7) is 6.30. The Bertz CT molecular complexity index is 1130. The summed E-state index contributed by atoms with van der Waals surface area (Å²) in [7, 11) is 0.306. The monoisotopic (exact) mass is 437 g/mol. The molecule has 0 saturated carbocycles. The third-order valence-electron chi connectivity index (χ3n) is 5.70. The number of aryl methyl sites for hydroxylation is 1. The molecule has 0 bridgehead atoms. The quantitative estimate of drug-likeness (QED) is 0.540. The molecular formula is C24H27N3O3S. The van der Waals surface area contributed by atoms with Crippen molar-refractivity contribution in [1.82, 2.24) is 10.3 Å². The van der Waals surface area contributed by atoms with Crippen molar-refractivity contribution < 1.29 is 14.1 Å². The Hall–Kier alpha value is -2.90. The number of benzene rings is 2. The number of fused-ring (bicyclic) bond motifs is 2. The van der Waals surface area contributed by atoms with Crippen LogP contribution in [0.15, 0.2) is 58.6 Å². The van der Waals surface area contributed by atoms with Crippen molar-refractivity contribution in [1.29, 1.82) is 0 Å². The predicted molar refractivity (Wildman–Crippen MR) is 123 cm³/mol. The zero-order valence-electron chi connectivity index (χ0n) is 18.0. The van der Waals surface area contributed by atoms with Gasteiger partial charge in [0.05, 0.1) is 23.4 Å². The van der Waals surface area contributed by atoms with Gasteiger partial charge in [0, 0.05) is 30.9 Å². The predicted octanol–water partition coefficient (Wildman–Crippen LogP) is 4.21. The second kappa shape index (κ2) is 9.08. The standard InChI is InChI=1S/C24H27N3O3S/c1-16-7-10-22-23(17(16)2)27(20-6-4-12-26-24(20)31(22)29)13-5-11-25-15-18-8-9-19(30-3)14-21(18)28/h4,6-10,12,14,25,28H,5,11,13,15H2,1-3H3. The van der Waals surface area contributed by atoms with Gasteiger partial charge in [0.25, 0.3) is 0 Å². The first-order valence-electron chi connectivity index (χ1n) is 10.3. The van der Waals surface area contributed by atoms with E-state index in [-0.39, 0.29) is 5.75 Å². The number of phenolic OH excluding ortho intramolecular Hbond substituents is 1. The van der Waals surface area contributed by atoms with Crippen molar-refractivity contribution in [3.05, 3.63) is 65.4 Å². The molecule has 0 amide bonds. The molecule has 31 heavy (non-hydrogen) atoms. The fourth-order valence-electron chi connectivity index (χ4n) is 3.85. The maximum absolute atomic E-state index is 13.1. The van der Waals surface area contributed by atoms with Crippen LogP contribution in [0.1, 0.15) is 23.1 Å². The highest BCUT2D eigenvalue weighted by Gasteiger charge is 2.30. The molecule has 6 nitrogen and oxygen atoms in total. The third kappa shape index (κ3) is 4.16. The van der Waals surface area contributed by atoms with E-state index < -0.39 is 10.8 Å². The van der Waals surface area contributed by atoms with Gasteiger partial charge in [0.1, 0.15) is 22.3 Å². The van der Waals surface area contributed by atoms with E-state index in [2.05, 4.69) is 29.0 Å². The van der Waals surface area contributed by atoms with E-state index in [1.54, 1.807) is 19.4 Å². The summed E-state index contributed by atoms with van der Waals surface area (Å²) in [5.41, 5.74) is 5.11. The Morgan fingerprint density at radius 1 is 1.19 bits per heavy atom. The van der Waals surface area contributed by atoms with Crippen LogP contribution in [0, 0.1) is 13.8 Å². The number of phenols is 1. The molecule has 7 heteroatoms. The molecule has 1 atom stereocenters. The molecule has 2 heterocycles. The zero-order valence-corrected chi connectivity index (χ0v) is 18.8. The normalized spacial score (nSPS) is 14.8. The molecule has 2 N–H and O–H groups in total. The van der Waals surface area contributed by atoms with Gasteiger partial charge in [-0.05, 0) is 62.2 Å². The first kappa shape index (κ1) is 21.3. The maximum atomic E-state index is 13.1. The van der Waals surface area contributed by atoms with Crippen LogP contribution in [-0.2, 0) is 17.3 Å². The number of pyridine rings is 1. The van der Waals surface area contributed by atoms with E-state index in [0.717, 1.165) is 46.9 Å². The Morgan fingerprint density at radius 3 is 2.81 bits per heavy atom. The van der Waals surface area contributed by atoms with Crippen molar-refractivity contribution in [2.24, 2.45) is 0 Å². The first-order valence-corrected chi connectivity index (χ1v) is 11.5. The van der Waals surface area contributed by atoms with Crippen LogP contribution in [0.3, 0.4) is 0 Å². The minimum Gasteiger partial charge on any atom is -0.507 e. The lowest BCUT2D eigenvalue weighted by Crippen LogP contribution is -2.29. The maximum Gasteiger partial charge on any atom is 0.155 e. The number of anilines is 2. The van der Waals surface area contributed by atoms with Crippen molar-refractivity contribution in [2.45, 2.75) is 36.7 Å². The van der Waals surface area contributed by atoms with Gasteiger partial charge in [-0.1, -0.05) is 12.1 Å². The number of nitrogens with zero attached hydrogens (tertiary/aromatic N) is 2. The molecule has 0 fully saturated rings. The lowest BCUT2D eigenvalue weighted by atomic mass is 10.1. The number of methoxy groups -OCH3 is 1. The van der Waals surface area contributed by atoms with Gasteiger partial charge in [-0.25, -0.2) is 9.19 Å². The number of aromatic hydroxyl groups is 1. The highest BCUT2D eigenvalue weighted by molar-refractivity contribution is 7.85. The first-order chi connectivity index (χ1) is 15.0. The topological polar surface area (TPSA) is 74.7 Å². The third-order valence-corrected chi connectivity index (χ3v) is 7.09. The van der Waals surface area contributed by atoms with Gasteiger partial charge in [0.15, 0.2) is 5.03 Å². The minimum atomic E-state index is -1.28. The van der Waals surface area contributed by atoms with E-state index >= 15 is 0 Å². The molecule has 1 aliphatic heterocycles. The molecular weight excluding hydrogens is 410 g/mol. The van der Waals surface area contributed by atoms with Crippen molar-refractivity contribution in [3.8, 4) is 11.5 Å². The fourth-order valence-corrected chi connectivity index (χ4v) is 5.22. The summed E-state index contributed by atoms with van der Waals surface area (Å²) < 4.78 is 18.2. The molecule has 1 aliphatic rings. The molecule has 0 spiro atoms. The number of rotatable bonds is 7. The number of aromatic nitrogens is 1. The van der Waals surface area contributed by atoms with Crippen LogP contribution in [0.4, 0.5) is 11.4 Å². The summed E-state index contributed by atoms with van der Waals surface area (Å²) in [6.07, 6.45) is 2.58. The van der Waals surface area contributed by atoms with Crippen LogP contribution >= 0.6 is 0 Å². The van der Waals surface area contributed by atoms with E-state index in [9.17, 15) is 9.32 Å². The number of hydrogen-bond donors (Lipinski definition) is 2. The average molecular weight is 438 g/mol. The molecule has 0 radical (unpaired) electrons. The van der Waals surface area contributed by atoms with Crippen molar-refractivity contribution in [3.63, 3.8) is 0 Å². The number of ether oxygens (including phenoxy) is 1. The van der Waals surface area contributed by atoms with Crippen molar-refractivity contribution >= 4 is 22.2 Å². The summed E-state index contributed by atoms with van der Waals surface area (Å²) >= 11 is 0. The highest BCUT2D eigenvalue weighted by atomic mass is 32.2. The lowest BCUT2D eigenvalue weighted by Gasteiger charge is -2.34. The summed E-state index contributed by atoms with van der Waals surface area (Å²) in [6, 6.07) is 13.2. The fraction of sp³-hybridized carbons (Fsp3) is 0.292. The number of nitrogens with one attached hydrogen (secondary N) is 1. The van der Waals surface area contributed by atoms with Gasteiger partial charge in [-0.3, -0.25) is 0 Å². The molecule has 3 aromatic rings. The van der Waals surface area contributed by atoms with E-state index in [0.29, 0.717) is 17.3 Å². The highest BCUT2D eigenvalue weighted by Crippen LogP contribution is 2.43. The molecule has 2 aromatic carbocycles. The lowest BCUT2D eigenvalue weighted by molar-refractivity contribution is 0.406. The van der Waals surface area contributed by atoms with E-state index in [4.69, 9.17) is 4.74 Å². The largest absolute Gasteiger partial charge is 0.507 e. The Labute approximate surface area is 185 Å². The van der Waals surface area contributed by atoms with Crippen LogP contribution in [0.5, 0.6) is 11.5 Å². The van der Waals surface area contributed by atoms with Gasteiger partial charge in [-0.15, -0.1) is 0 Å². The van der Waals surface area contributed by atoms with Crippen LogP contribution in [0.25, 0.3) is 0 Å². The van der Waals surface area contributed by atoms with E-state index in [1.165, 1.54) is 5.56 Å². The SMILES string of the molecule is COc1ccc(CNCCCN2c3cccnc3S(=O)c3ccc(C)c(C)c32)c(O)c1. The second-order valence-corrected chi connectivity index (χ2v) is 8.99. The summed E-state index contributed by atoms with van der Waals surface area (Å²) in [5, 5.41) is 14.1. The van der Waals surface area contributed by atoms with Crippen LogP contribution in [0.2, 0.25) is 0 Å². The van der Waals surface area contributed by atoms with Crippen molar-refractivity contribution in [2.75, 3.05) is 25.1 Å². The van der Waals surface area contributed by atoms with Crippen LogP contribution in [-0.4, -0.2) is 34.5 Å². The van der Waals surface area contributed by atoms with Gasteiger partial charge in [-0.2, -0.15) is 0 Å². The Morgan fingerprint density at radius 2 is 2.03 bits per heavy atom. The Balaban J connectivity index is 1.47. The van der Waals surface area contributed by atoms with Gasteiger partial charge >= 0.3 is 0 Å². The smallest absolute Gasteiger partial charge is 0.155 e. The summed E-state index contributed by atoms with van der Waals surface area (Å²) in [5.74, 6) is 0.866. The minimum absolute atomic E-state index is 0.227. The molecule has 0 aliphatic carbocycles. The summed E-state index contributed by atoms with van der Waals surface area (Å²) in [4.78, 5) is 7.48. The number of hydrogen-bond acceptors (Lipinski definition) is 6. The van der Waals surface area contributed by atoms with Gasteiger partial charge < -0.3 is 20.1 Å². The Kier molecular flexibility index (Phi) is 6.25.